The van der Waals surface area contributed by atoms with E-state index in [2.05, 4.69) is 35.8 Å². The van der Waals surface area contributed by atoms with Gasteiger partial charge in [-0.3, -0.25) is 0 Å². The molecular weight excluding hydrogens is 963 g/mol. The Hall–Kier alpha value is -4.93. The van der Waals surface area contributed by atoms with Crippen LogP contribution in [0.25, 0.3) is 0 Å². The van der Waals surface area contributed by atoms with Crippen LogP contribution in [-0.2, 0) is 22.1 Å². The maximum atomic E-state index is 5.89. The zero-order valence-electron chi connectivity index (χ0n) is 41.6. The van der Waals surface area contributed by atoms with Crippen molar-refractivity contribution in [3.63, 3.8) is 0 Å². The molecule has 0 amide bonds. The number of para-hydroxylation sites is 3. The SMILES string of the molecule is Brc1ccc(Oc2ccccc2)cc1.CO[Si](OC)(OC)c1ccccc1.CO[Si](OC)(c1ccccc1)c1ccc(Oc2ccccc2)cc1.[CH2-]CCC.[Li+].[Li+].[c-]1ccc(Oc2ccccc2)cc1. The first-order chi connectivity index (χ1) is 33.3. The molecule has 8 nitrogen and oxygen atoms in total. The van der Waals surface area contributed by atoms with E-state index in [4.69, 9.17) is 36.3 Å². The molecule has 0 aliphatic carbocycles. The van der Waals surface area contributed by atoms with Gasteiger partial charge in [-0.05, 0) is 83.2 Å². The number of hydrogen-bond acceptors (Lipinski definition) is 8. The summed E-state index contributed by atoms with van der Waals surface area (Å²) in [6.45, 7) is 5.72. The maximum absolute atomic E-state index is 5.89. The molecule has 0 aromatic heterocycles. The molecule has 13 heteroatoms. The van der Waals surface area contributed by atoms with Crippen molar-refractivity contribution in [3.8, 4) is 34.5 Å². The summed E-state index contributed by atoms with van der Waals surface area (Å²) in [4.78, 5) is 0. The normalized spacial score (nSPS) is 10.2. The summed E-state index contributed by atoms with van der Waals surface area (Å²) in [6, 6.07) is 75.1. The molecule has 0 atom stereocenters. The molecule has 0 fully saturated rings. The van der Waals surface area contributed by atoms with Crippen LogP contribution < -0.4 is 67.5 Å². The van der Waals surface area contributed by atoms with Gasteiger partial charge in [0.05, 0.1) is 0 Å². The topological polar surface area (TPSA) is 73.8 Å². The zero-order chi connectivity index (χ0) is 48.7. The number of benzene rings is 8. The van der Waals surface area contributed by atoms with Crippen LogP contribution in [0.4, 0.5) is 0 Å². The van der Waals surface area contributed by atoms with Gasteiger partial charge in [-0.1, -0.05) is 157 Å². The molecule has 8 aromatic rings. The molecule has 0 saturated carbocycles. The third-order valence-electron chi connectivity index (χ3n) is 9.69. The third-order valence-corrected chi connectivity index (χ3v) is 16.2. The Labute approximate surface area is 451 Å². The van der Waals surface area contributed by atoms with Crippen molar-refractivity contribution >= 4 is 48.9 Å². The number of hydrogen-bond donors (Lipinski definition) is 0. The Morgan fingerprint density at radius 3 is 1.00 bits per heavy atom. The first-order valence-electron chi connectivity index (χ1n) is 22.0. The summed E-state index contributed by atoms with van der Waals surface area (Å²) >= 11 is 3.38. The minimum atomic E-state index is -2.67. The van der Waals surface area contributed by atoms with Crippen molar-refractivity contribution in [3.05, 3.63) is 242 Å². The van der Waals surface area contributed by atoms with Crippen LogP contribution in [0.2, 0.25) is 0 Å². The number of ether oxygens (including phenoxy) is 3. The summed E-state index contributed by atoms with van der Waals surface area (Å²) < 4.78 is 45.8. The molecule has 0 N–H and O–H groups in total. The van der Waals surface area contributed by atoms with E-state index in [1.54, 1.807) is 35.5 Å². The fourth-order valence-electron chi connectivity index (χ4n) is 6.18. The van der Waals surface area contributed by atoms with Crippen molar-refractivity contribution in [1.29, 1.82) is 0 Å². The van der Waals surface area contributed by atoms with E-state index < -0.39 is 17.4 Å². The molecule has 354 valence electrons. The second-order valence-corrected chi connectivity index (χ2v) is 21.3. The van der Waals surface area contributed by atoms with Crippen LogP contribution in [-0.4, -0.2) is 52.9 Å². The van der Waals surface area contributed by atoms with Crippen molar-refractivity contribution in [2.45, 2.75) is 19.8 Å². The van der Waals surface area contributed by atoms with E-state index in [1.807, 2.05) is 224 Å². The summed E-state index contributed by atoms with van der Waals surface area (Å²) in [5.74, 6) is 5.00. The Kier molecular flexibility index (Phi) is 30.8. The van der Waals surface area contributed by atoms with Gasteiger partial charge in [-0.15, -0.1) is 12.1 Å². The standard InChI is InChI=1S/C20H20O3Si.C12H9BrO.C12H9O.C9H14O3Si.C4H9.2Li/c1-21-24(22-2,19-11-7-4-8-12-19)20-15-13-18(14-16-20)23-17-9-5-3-6-10-17;13-10-6-8-12(9-7-10)14-11-4-2-1-3-5-11;1-3-7-11(8-4-1)13-12-9-5-2-6-10-12;1-10-13(11-2,12-3)9-7-5-4-6-8-9;1-3-4-2;;/h3-16H,1-2H3;1-9H;1,3-10H;4-8H,1-3H3;1,3-4H2,2H3;;/q;;-1;;-1;2*+1. The molecule has 0 heterocycles. The number of halogens is 1. The fraction of sp³-hybridized carbons (Fsp3) is 0.140. The predicted molar refractivity (Wildman–Crippen MR) is 284 cm³/mol. The van der Waals surface area contributed by atoms with Crippen LogP contribution in [0.5, 0.6) is 34.5 Å². The first kappa shape index (κ1) is 61.2. The van der Waals surface area contributed by atoms with Gasteiger partial charge in [-0.2, -0.15) is 24.6 Å². The molecule has 0 aliphatic heterocycles. The Bertz CT molecular complexity index is 2430. The van der Waals surface area contributed by atoms with Crippen LogP contribution in [0, 0.1) is 13.0 Å². The minimum Gasteiger partial charge on any atom is -0.483 e. The van der Waals surface area contributed by atoms with Gasteiger partial charge in [0.25, 0.3) is 0 Å². The molecule has 0 saturated heterocycles. The van der Waals surface area contributed by atoms with Crippen molar-refractivity contribution in [2.24, 2.45) is 0 Å². The molecule has 0 aliphatic rings. The average Bonchev–Trinajstić information content (AvgIpc) is 3.41. The molecule has 0 radical (unpaired) electrons. The van der Waals surface area contributed by atoms with E-state index in [1.165, 1.54) is 6.42 Å². The Morgan fingerprint density at radius 2 is 0.671 bits per heavy atom. The maximum Gasteiger partial charge on any atom is 1.00 e. The summed E-state index contributed by atoms with van der Waals surface area (Å²) in [5, 5.41) is 3.09. The summed E-state index contributed by atoms with van der Waals surface area (Å²) in [6.07, 6.45) is 2.28. The molecule has 8 aromatic carbocycles. The molecule has 8 rings (SSSR count). The average molecular weight is 1020 g/mol. The van der Waals surface area contributed by atoms with Gasteiger partial charge < -0.3 is 43.3 Å². The van der Waals surface area contributed by atoms with Crippen LogP contribution in [0.15, 0.2) is 229 Å². The molecule has 0 spiro atoms. The number of rotatable bonds is 15. The Morgan fingerprint density at radius 1 is 0.386 bits per heavy atom. The summed E-state index contributed by atoms with van der Waals surface area (Å²) in [5.41, 5.74) is 0. The quantitative estimate of drug-likeness (QED) is 0.0787. The summed E-state index contributed by atoms with van der Waals surface area (Å²) in [7, 11) is 2.96. The smallest absolute Gasteiger partial charge is 0.483 e. The van der Waals surface area contributed by atoms with E-state index in [9.17, 15) is 0 Å². The van der Waals surface area contributed by atoms with Gasteiger partial charge in [-0.25, -0.2) is 0 Å². The first-order valence-corrected chi connectivity index (χ1v) is 26.3. The fourth-order valence-corrected chi connectivity index (χ4v) is 10.9. The largest absolute Gasteiger partial charge is 1.00 e. The molecule has 0 unspecified atom stereocenters. The van der Waals surface area contributed by atoms with Gasteiger partial charge in [0, 0.05) is 51.0 Å². The molecule has 0 bridgehead atoms. The van der Waals surface area contributed by atoms with Gasteiger partial charge in [0.15, 0.2) is 0 Å². The van der Waals surface area contributed by atoms with Crippen LogP contribution in [0.3, 0.4) is 0 Å². The zero-order valence-corrected chi connectivity index (χ0v) is 45.2. The van der Waals surface area contributed by atoms with Crippen LogP contribution in [0.1, 0.15) is 19.8 Å². The van der Waals surface area contributed by atoms with Crippen molar-refractivity contribution in [1.82, 2.24) is 0 Å². The van der Waals surface area contributed by atoms with Crippen molar-refractivity contribution < 1.29 is 74.1 Å². The van der Waals surface area contributed by atoms with Crippen molar-refractivity contribution in [2.75, 3.05) is 35.5 Å². The minimum absolute atomic E-state index is 0. The van der Waals surface area contributed by atoms with Gasteiger partial charge >= 0.3 is 55.1 Å². The monoisotopic (exact) mass is 1020 g/mol. The third kappa shape index (κ3) is 20.4. The van der Waals surface area contributed by atoms with E-state index in [0.29, 0.717) is 0 Å². The van der Waals surface area contributed by atoms with E-state index >= 15 is 0 Å². The van der Waals surface area contributed by atoms with E-state index in [0.717, 1.165) is 61.0 Å². The predicted octanol–water partition coefficient (Wildman–Crippen LogP) is 7.25. The van der Waals surface area contributed by atoms with E-state index in [-0.39, 0.29) is 37.7 Å². The second-order valence-electron chi connectivity index (χ2n) is 14.2. The van der Waals surface area contributed by atoms with Gasteiger partial charge in [0.1, 0.15) is 28.7 Å². The number of unbranched alkanes of at least 4 members (excludes halogenated alkanes) is 1. The Balaban J connectivity index is 0.000000320. The molecular formula is C57H61BrLi2O8Si2. The molecule has 70 heavy (non-hydrogen) atoms. The second kappa shape index (κ2) is 35.2. The van der Waals surface area contributed by atoms with Crippen LogP contribution >= 0.6 is 15.9 Å². The van der Waals surface area contributed by atoms with Gasteiger partial charge in [0.2, 0.25) is 0 Å².